The molecule has 0 aliphatic carbocycles. The molecule has 1 amide bonds. The van der Waals surface area contributed by atoms with Crippen LogP contribution in [0.2, 0.25) is 0 Å². The molecule has 0 fully saturated rings. The lowest BCUT2D eigenvalue weighted by molar-refractivity contribution is 0.101. The lowest BCUT2D eigenvalue weighted by Gasteiger charge is -2.04. The van der Waals surface area contributed by atoms with Crippen molar-refractivity contribution in [2.75, 3.05) is 5.32 Å². The number of nitrogens with one attached hydrogen (secondary N) is 1. The fourth-order valence-corrected chi connectivity index (χ4v) is 3.26. The van der Waals surface area contributed by atoms with Crippen LogP contribution >= 0.6 is 11.3 Å². The number of carbonyl (C=O) groups excluding carboxylic acids is 1. The molecule has 130 valence electrons. The average Bonchev–Trinajstić information content (AvgIpc) is 3.35. The van der Waals surface area contributed by atoms with Crippen molar-refractivity contribution < 1.29 is 9.32 Å². The van der Waals surface area contributed by atoms with Crippen LogP contribution in [-0.4, -0.2) is 25.8 Å². The van der Waals surface area contributed by atoms with E-state index in [2.05, 4.69) is 20.6 Å². The van der Waals surface area contributed by atoms with E-state index in [0.29, 0.717) is 28.0 Å². The van der Waals surface area contributed by atoms with Crippen LogP contribution in [0, 0.1) is 6.92 Å². The molecule has 0 aliphatic rings. The Balaban J connectivity index is 1.60. The lowest BCUT2D eigenvalue weighted by Crippen LogP contribution is -2.16. The second-order valence-electron chi connectivity index (χ2n) is 5.75. The van der Waals surface area contributed by atoms with E-state index in [1.807, 2.05) is 42.6 Å². The molecule has 0 unspecified atom stereocenters. The smallest absolute Gasteiger partial charge is 0.273 e. The highest BCUT2D eigenvalue weighted by Crippen LogP contribution is 2.34. The number of anilines is 1. The van der Waals surface area contributed by atoms with Crippen molar-refractivity contribution >= 4 is 22.9 Å². The van der Waals surface area contributed by atoms with Crippen molar-refractivity contribution in [3.8, 4) is 22.2 Å². The first kappa shape index (κ1) is 16.2. The number of nitrogens with zero attached hydrogens (tertiary/aromatic N) is 4. The van der Waals surface area contributed by atoms with Gasteiger partial charge in [-0.1, -0.05) is 35.0 Å². The Morgan fingerprint density at radius 1 is 1.19 bits per heavy atom. The molecule has 0 atom stereocenters. The molecule has 0 saturated heterocycles. The van der Waals surface area contributed by atoms with Gasteiger partial charge < -0.3 is 9.84 Å². The molecule has 26 heavy (non-hydrogen) atoms. The molecule has 0 spiro atoms. The summed E-state index contributed by atoms with van der Waals surface area (Å²) in [6.07, 6.45) is 1.58. The van der Waals surface area contributed by atoms with E-state index in [1.54, 1.807) is 19.3 Å². The molecule has 0 saturated carbocycles. The van der Waals surface area contributed by atoms with Gasteiger partial charge in [0.15, 0.2) is 0 Å². The molecule has 0 aliphatic heterocycles. The van der Waals surface area contributed by atoms with Crippen LogP contribution in [0.3, 0.4) is 0 Å². The summed E-state index contributed by atoms with van der Waals surface area (Å²) in [5, 5.41) is 12.8. The zero-order chi connectivity index (χ0) is 18.1. The van der Waals surface area contributed by atoms with E-state index in [0.717, 1.165) is 11.1 Å². The average molecular weight is 365 g/mol. The molecule has 3 heterocycles. The van der Waals surface area contributed by atoms with Gasteiger partial charge in [0.25, 0.3) is 11.8 Å². The topological polar surface area (TPSA) is 85.8 Å². The third-order valence-electron chi connectivity index (χ3n) is 3.90. The third-order valence-corrected chi connectivity index (χ3v) is 4.80. The van der Waals surface area contributed by atoms with Gasteiger partial charge in [-0.3, -0.25) is 9.48 Å². The zero-order valence-corrected chi connectivity index (χ0v) is 14.9. The fourth-order valence-electron chi connectivity index (χ4n) is 2.49. The van der Waals surface area contributed by atoms with E-state index in [4.69, 9.17) is 4.52 Å². The predicted molar refractivity (Wildman–Crippen MR) is 98.9 cm³/mol. The molecule has 4 rings (SSSR count). The molecule has 4 aromatic rings. The van der Waals surface area contributed by atoms with Gasteiger partial charge in [-0.25, -0.2) is 0 Å². The Morgan fingerprint density at radius 2 is 2.00 bits per heavy atom. The van der Waals surface area contributed by atoms with Crippen LogP contribution < -0.4 is 5.32 Å². The second kappa shape index (κ2) is 6.57. The highest BCUT2D eigenvalue weighted by Gasteiger charge is 2.18. The van der Waals surface area contributed by atoms with E-state index < -0.39 is 0 Å². The minimum Gasteiger partial charge on any atom is -0.333 e. The number of carbonyl (C=O) groups is 1. The monoisotopic (exact) mass is 365 g/mol. The summed E-state index contributed by atoms with van der Waals surface area (Å²) in [6, 6.07) is 11.4. The lowest BCUT2D eigenvalue weighted by atomic mass is 10.1. The summed E-state index contributed by atoms with van der Waals surface area (Å²) in [5.41, 5.74) is 3.13. The van der Waals surface area contributed by atoms with Gasteiger partial charge in [0.1, 0.15) is 10.6 Å². The SMILES string of the molecule is Cc1ccc(-c2noc(-c3sccc3NC(=O)c3ccnn3C)n2)cc1. The number of hydrogen-bond donors (Lipinski definition) is 1. The van der Waals surface area contributed by atoms with Crippen LogP contribution in [0.5, 0.6) is 0 Å². The summed E-state index contributed by atoms with van der Waals surface area (Å²) < 4.78 is 6.93. The third kappa shape index (κ3) is 3.02. The predicted octanol–water partition coefficient (Wildman–Crippen LogP) is 3.76. The zero-order valence-electron chi connectivity index (χ0n) is 14.1. The maximum absolute atomic E-state index is 12.4. The molecule has 3 aromatic heterocycles. The first-order chi connectivity index (χ1) is 12.6. The minimum absolute atomic E-state index is 0.247. The quantitative estimate of drug-likeness (QED) is 0.595. The van der Waals surface area contributed by atoms with Gasteiger partial charge in [0, 0.05) is 18.8 Å². The molecule has 8 heteroatoms. The van der Waals surface area contributed by atoms with Gasteiger partial charge in [-0.15, -0.1) is 11.3 Å². The minimum atomic E-state index is -0.247. The normalized spacial score (nSPS) is 10.8. The highest BCUT2D eigenvalue weighted by atomic mass is 32.1. The Bertz CT molecular complexity index is 1060. The molecule has 0 bridgehead atoms. The van der Waals surface area contributed by atoms with Crippen LogP contribution in [-0.2, 0) is 7.05 Å². The van der Waals surface area contributed by atoms with Crippen LogP contribution in [0.25, 0.3) is 22.2 Å². The van der Waals surface area contributed by atoms with Crippen molar-refractivity contribution in [3.63, 3.8) is 0 Å². The Hall–Kier alpha value is -3.26. The maximum atomic E-state index is 12.4. The van der Waals surface area contributed by atoms with Gasteiger partial charge >= 0.3 is 0 Å². The number of rotatable bonds is 4. The Kier molecular flexibility index (Phi) is 4.10. The van der Waals surface area contributed by atoms with Crippen LogP contribution in [0.1, 0.15) is 16.1 Å². The number of hydrogen-bond acceptors (Lipinski definition) is 6. The van der Waals surface area contributed by atoms with Crippen molar-refractivity contribution in [2.45, 2.75) is 6.92 Å². The van der Waals surface area contributed by atoms with E-state index in [9.17, 15) is 4.79 Å². The number of amides is 1. The van der Waals surface area contributed by atoms with Crippen molar-refractivity contribution in [2.24, 2.45) is 7.05 Å². The van der Waals surface area contributed by atoms with Crippen LogP contribution in [0.4, 0.5) is 5.69 Å². The number of benzene rings is 1. The molecule has 1 N–H and O–H groups in total. The van der Waals surface area contributed by atoms with Gasteiger partial charge in [-0.05, 0) is 24.4 Å². The number of thiophene rings is 1. The first-order valence-corrected chi connectivity index (χ1v) is 8.78. The van der Waals surface area contributed by atoms with E-state index in [1.165, 1.54) is 16.0 Å². The molecule has 7 nitrogen and oxygen atoms in total. The number of aromatic nitrogens is 4. The summed E-state index contributed by atoms with van der Waals surface area (Å²) in [5.74, 6) is 0.635. The summed E-state index contributed by atoms with van der Waals surface area (Å²) in [6.45, 7) is 2.02. The highest BCUT2D eigenvalue weighted by molar-refractivity contribution is 7.14. The molecular formula is C18H15N5O2S. The van der Waals surface area contributed by atoms with Crippen molar-refractivity contribution in [1.82, 2.24) is 19.9 Å². The largest absolute Gasteiger partial charge is 0.333 e. The van der Waals surface area contributed by atoms with Gasteiger partial charge in [0.2, 0.25) is 5.82 Å². The van der Waals surface area contributed by atoms with Crippen molar-refractivity contribution in [1.29, 1.82) is 0 Å². The Labute approximate surface area is 153 Å². The second-order valence-corrected chi connectivity index (χ2v) is 6.66. The molecule has 1 aromatic carbocycles. The van der Waals surface area contributed by atoms with E-state index >= 15 is 0 Å². The molecule has 0 radical (unpaired) electrons. The van der Waals surface area contributed by atoms with Crippen LogP contribution in [0.15, 0.2) is 52.5 Å². The fraction of sp³-hybridized carbons (Fsp3) is 0.111. The van der Waals surface area contributed by atoms with Crippen molar-refractivity contribution in [3.05, 3.63) is 59.2 Å². The summed E-state index contributed by atoms with van der Waals surface area (Å²) >= 11 is 1.42. The number of aryl methyl sites for hydroxylation is 2. The maximum Gasteiger partial charge on any atom is 0.273 e. The molecular weight excluding hydrogens is 350 g/mol. The first-order valence-electron chi connectivity index (χ1n) is 7.90. The summed E-state index contributed by atoms with van der Waals surface area (Å²) in [7, 11) is 1.72. The summed E-state index contributed by atoms with van der Waals surface area (Å²) in [4.78, 5) is 17.6. The Morgan fingerprint density at radius 3 is 2.73 bits per heavy atom. The van der Waals surface area contributed by atoms with Gasteiger partial charge in [0.05, 0.1) is 5.69 Å². The van der Waals surface area contributed by atoms with Gasteiger partial charge in [-0.2, -0.15) is 10.1 Å². The standard InChI is InChI=1S/C18H15N5O2S/c1-11-3-5-12(6-4-11)16-21-18(25-22-16)15-13(8-10-26-15)20-17(24)14-7-9-19-23(14)2/h3-10H,1-2H3,(H,20,24). The van der Waals surface area contributed by atoms with E-state index in [-0.39, 0.29) is 5.91 Å².